The summed E-state index contributed by atoms with van der Waals surface area (Å²) >= 11 is 0. The zero-order chi connectivity index (χ0) is 11.0. The van der Waals surface area contributed by atoms with E-state index in [9.17, 15) is 14.4 Å². The summed E-state index contributed by atoms with van der Waals surface area (Å²) in [6, 6.07) is 0. The summed E-state index contributed by atoms with van der Waals surface area (Å²) in [4.78, 5) is 32.1. The highest BCUT2D eigenvalue weighted by Crippen LogP contribution is 1.86. The van der Waals surface area contributed by atoms with Gasteiger partial charge in [0.1, 0.15) is 0 Å². The van der Waals surface area contributed by atoms with Gasteiger partial charge in [-0.3, -0.25) is 14.4 Å². The average molecular weight is 201 g/mol. The Balaban J connectivity index is 3.53. The standard InChI is InChI=1S/C8H15N3O3/c1-2-10-8(14)5-11-7(13)4-3-6(9)12/h2-5H2,1H3,(H2,9,12)(H,10,14)(H,11,13). The number of hydrogen-bond donors (Lipinski definition) is 3. The number of nitrogens with one attached hydrogen (secondary N) is 2. The van der Waals surface area contributed by atoms with Crippen molar-refractivity contribution in [2.24, 2.45) is 5.73 Å². The maximum Gasteiger partial charge on any atom is 0.239 e. The van der Waals surface area contributed by atoms with Gasteiger partial charge in [-0.25, -0.2) is 0 Å². The molecule has 0 unspecified atom stereocenters. The van der Waals surface area contributed by atoms with E-state index in [4.69, 9.17) is 5.73 Å². The Morgan fingerprint density at radius 3 is 2.21 bits per heavy atom. The van der Waals surface area contributed by atoms with Gasteiger partial charge in [0.2, 0.25) is 17.7 Å². The lowest BCUT2D eigenvalue weighted by Crippen LogP contribution is -2.37. The minimum absolute atomic E-state index is 0.00122. The minimum atomic E-state index is -0.529. The number of primary amides is 1. The Morgan fingerprint density at radius 2 is 1.71 bits per heavy atom. The van der Waals surface area contributed by atoms with E-state index < -0.39 is 5.91 Å². The second kappa shape index (κ2) is 6.88. The third-order valence-corrected chi connectivity index (χ3v) is 1.42. The van der Waals surface area contributed by atoms with Crippen molar-refractivity contribution in [3.05, 3.63) is 0 Å². The van der Waals surface area contributed by atoms with E-state index in [1.54, 1.807) is 6.92 Å². The molecule has 0 aromatic carbocycles. The van der Waals surface area contributed by atoms with E-state index in [-0.39, 0.29) is 31.2 Å². The molecule has 0 aliphatic rings. The van der Waals surface area contributed by atoms with Gasteiger partial charge in [0, 0.05) is 19.4 Å². The molecule has 0 heterocycles. The molecule has 0 radical (unpaired) electrons. The lowest BCUT2D eigenvalue weighted by Gasteiger charge is -2.03. The fourth-order valence-corrected chi connectivity index (χ4v) is 0.764. The maximum atomic E-state index is 11.0. The van der Waals surface area contributed by atoms with Crippen LogP contribution >= 0.6 is 0 Å². The van der Waals surface area contributed by atoms with E-state index in [2.05, 4.69) is 10.6 Å². The minimum Gasteiger partial charge on any atom is -0.370 e. The Bertz CT molecular complexity index is 228. The van der Waals surface area contributed by atoms with Crippen molar-refractivity contribution in [1.82, 2.24) is 10.6 Å². The Labute approximate surface area is 82.2 Å². The number of carbonyl (C=O) groups is 3. The van der Waals surface area contributed by atoms with E-state index in [1.165, 1.54) is 0 Å². The molecule has 0 aromatic rings. The van der Waals surface area contributed by atoms with Crippen molar-refractivity contribution in [2.75, 3.05) is 13.1 Å². The molecule has 0 rings (SSSR count). The van der Waals surface area contributed by atoms with E-state index in [1.807, 2.05) is 0 Å². The van der Waals surface area contributed by atoms with Gasteiger partial charge >= 0.3 is 0 Å². The SMILES string of the molecule is CCNC(=O)CNC(=O)CCC(N)=O. The predicted molar refractivity (Wildman–Crippen MR) is 50.1 cm³/mol. The Hall–Kier alpha value is -1.59. The number of hydrogen-bond acceptors (Lipinski definition) is 3. The topological polar surface area (TPSA) is 101 Å². The lowest BCUT2D eigenvalue weighted by molar-refractivity contribution is -0.127. The molecule has 14 heavy (non-hydrogen) atoms. The summed E-state index contributed by atoms with van der Waals surface area (Å²) < 4.78 is 0. The van der Waals surface area contributed by atoms with Crippen LogP contribution in [0.1, 0.15) is 19.8 Å². The highest BCUT2D eigenvalue weighted by molar-refractivity contribution is 5.86. The quantitative estimate of drug-likeness (QED) is 0.487. The van der Waals surface area contributed by atoms with Gasteiger partial charge in [-0.1, -0.05) is 0 Å². The number of likely N-dealkylation sites (N-methyl/N-ethyl adjacent to an activating group) is 1. The molecule has 0 saturated carbocycles. The first-order valence-electron chi connectivity index (χ1n) is 4.38. The molecule has 6 heteroatoms. The van der Waals surface area contributed by atoms with Crippen LogP contribution < -0.4 is 16.4 Å². The summed E-state index contributed by atoms with van der Waals surface area (Å²) in [7, 11) is 0. The van der Waals surface area contributed by atoms with Crippen molar-refractivity contribution < 1.29 is 14.4 Å². The first-order chi connectivity index (χ1) is 6.56. The van der Waals surface area contributed by atoms with Crippen molar-refractivity contribution in [1.29, 1.82) is 0 Å². The van der Waals surface area contributed by atoms with Gasteiger partial charge in [-0.2, -0.15) is 0 Å². The van der Waals surface area contributed by atoms with Crippen LogP contribution in [-0.2, 0) is 14.4 Å². The molecule has 0 bridgehead atoms. The molecular formula is C8H15N3O3. The molecule has 3 amide bonds. The molecule has 0 aliphatic carbocycles. The first kappa shape index (κ1) is 12.4. The second-order valence-corrected chi connectivity index (χ2v) is 2.70. The molecule has 0 fully saturated rings. The fourth-order valence-electron chi connectivity index (χ4n) is 0.764. The number of nitrogens with two attached hydrogens (primary N) is 1. The van der Waals surface area contributed by atoms with E-state index >= 15 is 0 Å². The lowest BCUT2D eigenvalue weighted by atomic mass is 10.3. The number of carbonyl (C=O) groups excluding carboxylic acids is 3. The van der Waals surface area contributed by atoms with Crippen molar-refractivity contribution in [3.63, 3.8) is 0 Å². The van der Waals surface area contributed by atoms with Crippen LogP contribution in [-0.4, -0.2) is 30.8 Å². The van der Waals surface area contributed by atoms with Crippen LogP contribution in [0, 0.1) is 0 Å². The molecular weight excluding hydrogens is 186 g/mol. The molecule has 6 nitrogen and oxygen atoms in total. The number of rotatable bonds is 6. The summed E-state index contributed by atoms with van der Waals surface area (Å²) in [6.07, 6.45) is 0.0238. The average Bonchev–Trinajstić information content (AvgIpc) is 2.12. The largest absolute Gasteiger partial charge is 0.370 e. The third kappa shape index (κ3) is 7.08. The van der Waals surface area contributed by atoms with Gasteiger partial charge in [0.25, 0.3) is 0 Å². The highest BCUT2D eigenvalue weighted by atomic mass is 16.2. The Kier molecular flexibility index (Phi) is 6.09. The van der Waals surface area contributed by atoms with Gasteiger partial charge in [-0.15, -0.1) is 0 Å². The Morgan fingerprint density at radius 1 is 1.07 bits per heavy atom. The van der Waals surface area contributed by atoms with Gasteiger partial charge in [0.15, 0.2) is 0 Å². The summed E-state index contributed by atoms with van der Waals surface area (Å²) in [5.41, 5.74) is 4.85. The molecule has 0 atom stereocenters. The number of amides is 3. The predicted octanol–water partition coefficient (Wildman–Crippen LogP) is -1.50. The normalized spacial score (nSPS) is 9.21. The second-order valence-electron chi connectivity index (χ2n) is 2.70. The highest BCUT2D eigenvalue weighted by Gasteiger charge is 2.05. The molecule has 0 saturated heterocycles. The first-order valence-corrected chi connectivity index (χ1v) is 4.38. The molecule has 80 valence electrons. The third-order valence-electron chi connectivity index (χ3n) is 1.42. The summed E-state index contributed by atoms with van der Waals surface area (Å²) in [5.74, 6) is -1.13. The molecule has 0 aliphatic heterocycles. The zero-order valence-corrected chi connectivity index (χ0v) is 8.13. The molecule has 0 spiro atoms. The van der Waals surface area contributed by atoms with Crippen LogP contribution in [0.5, 0.6) is 0 Å². The van der Waals surface area contributed by atoms with Crippen LogP contribution in [0.3, 0.4) is 0 Å². The van der Waals surface area contributed by atoms with Gasteiger partial charge in [-0.05, 0) is 6.92 Å². The fraction of sp³-hybridized carbons (Fsp3) is 0.625. The summed E-state index contributed by atoms with van der Waals surface area (Å²) in [6.45, 7) is 2.24. The van der Waals surface area contributed by atoms with Crippen LogP contribution in [0.2, 0.25) is 0 Å². The van der Waals surface area contributed by atoms with Gasteiger partial charge < -0.3 is 16.4 Å². The molecule has 4 N–H and O–H groups in total. The van der Waals surface area contributed by atoms with Crippen LogP contribution in [0.4, 0.5) is 0 Å². The molecule has 0 aromatic heterocycles. The van der Waals surface area contributed by atoms with Crippen LogP contribution in [0.25, 0.3) is 0 Å². The monoisotopic (exact) mass is 201 g/mol. The van der Waals surface area contributed by atoms with Crippen LogP contribution in [0.15, 0.2) is 0 Å². The summed E-state index contributed by atoms with van der Waals surface area (Å²) in [5, 5.41) is 4.88. The van der Waals surface area contributed by atoms with Gasteiger partial charge in [0.05, 0.1) is 6.54 Å². The maximum absolute atomic E-state index is 11.0. The van der Waals surface area contributed by atoms with Crippen molar-refractivity contribution in [3.8, 4) is 0 Å². The smallest absolute Gasteiger partial charge is 0.239 e. The van der Waals surface area contributed by atoms with Crippen molar-refractivity contribution >= 4 is 17.7 Å². The van der Waals surface area contributed by atoms with E-state index in [0.717, 1.165) is 0 Å². The van der Waals surface area contributed by atoms with Crippen molar-refractivity contribution in [2.45, 2.75) is 19.8 Å². The van der Waals surface area contributed by atoms with E-state index in [0.29, 0.717) is 6.54 Å². The zero-order valence-electron chi connectivity index (χ0n) is 8.13.